The zero-order valence-electron chi connectivity index (χ0n) is 10.9. The summed E-state index contributed by atoms with van der Waals surface area (Å²) in [7, 11) is 0. The van der Waals surface area contributed by atoms with Crippen molar-refractivity contribution in [1.82, 2.24) is 5.32 Å². The molecule has 0 bridgehead atoms. The van der Waals surface area contributed by atoms with Gasteiger partial charge in [-0.15, -0.1) is 0 Å². The zero-order valence-corrected chi connectivity index (χ0v) is 10.9. The van der Waals surface area contributed by atoms with E-state index in [1.165, 1.54) is 0 Å². The Kier molecular flexibility index (Phi) is 4.70. The average Bonchev–Trinajstić information content (AvgIpc) is 2.15. The molecule has 2 unspecified atom stereocenters. The Balaban J connectivity index is 2.70. The molecule has 0 radical (unpaired) electrons. The molecule has 0 saturated heterocycles. The van der Waals surface area contributed by atoms with Crippen molar-refractivity contribution in [3.63, 3.8) is 0 Å². The standard InChI is InChI=1S/C14H21NO2/c1-9-5-6-13(10(2)7-9)14(17)15-11(3)8-12(4)16/h5-7,11-12,16H,8H2,1-4H3,(H,15,17). The molecule has 1 aromatic carbocycles. The summed E-state index contributed by atoms with van der Waals surface area (Å²) in [6, 6.07) is 5.74. The minimum Gasteiger partial charge on any atom is -0.393 e. The van der Waals surface area contributed by atoms with Crippen molar-refractivity contribution in [3.05, 3.63) is 34.9 Å². The van der Waals surface area contributed by atoms with Crippen molar-refractivity contribution in [2.45, 2.75) is 46.3 Å². The maximum absolute atomic E-state index is 12.0. The summed E-state index contributed by atoms with van der Waals surface area (Å²) < 4.78 is 0. The number of carbonyl (C=O) groups is 1. The quantitative estimate of drug-likeness (QED) is 0.840. The highest BCUT2D eigenvalue weighted by molar-refractivity contribution is 5.95. The van der Waals surface area contributed by atoms with Crippen molar-refractivity contribution in [2.75, 3.05) is 0 Å². The number of carbonyl (C=O) groups excluding carboxylic acids is 1. The van der Waals surface area contributed by atoms with Crippen molar-refractivity contribution >= 4 is 5.91 Å². The van der Waals surface area contributed by atoms with Gasteiger partial charge in [0.1, 0.15) is 0 Å². The molecule has 0 aliphatic carbocycles. The fourth-order valence-electron chi connectivity index (χ4n) is 1.94. The summed E-state index contributed by atoms with van der Waals surface area (Å²) in [5.74, 6) is -0.0735. The van der Waals surface area contributed by atoms with E-state index >= 15 is 0 Å². The van der Waals surface area contributed by atoms with Crippen molar-refractivity contribution in [2.24, 2.45) is 0 Å². The predicted octanol–water partition coefficient (Wildman–Crippen LogP) is 2.19. The molecule has 0 aliphatic heterocycles. The minimum atomic E-state index is -0.399. The molecule has 0 aliphatic rings. The number of rotatable bonds is 4. The van der Waals surface area contributed by atoms with E-state index < -0.39 is 6.10 Å². The first-order chi connectivity index (χ1) is 7.90. The van der Waals surface area contributed by atoms with E-state index in [9.17, 15) is 9.90 Å². The Morgan fingerprint density at radius 3 is 2.53 bits per heavy atom. The molecule has 1 aromatic rings. The van der Waals surface area contributed by atoms with Crippen LogP contribution < -0.4 is 5.32 Å². The molecular formula is C14H21NO2. The summed E-state index contributed by atoms with van der Waals surface area (Å²) in [4.78, 5) is 12.0. The maximum Gasteiger partial charge on any atom is 0.251 e. The molecule has 3 nitrogen and oxygen atoms in total. The third kappa shape index (κ3) is 4.19. The number of aryl methyl sites for hydroxylation is 2. The van der Waals surface area contributed by atoms with Gasteiger partial charge in [-0.3, -0.25) is 4.79 Å². The first kappa shape index (κ1) is 13.7. The van der Waals surface area contributed by atoms with Crippen LogP contribution in [0.3, 0.4) is 0 Å². The van der Waals surface area contributed by atoms with Gasteiger partial charge in [0.25, 0.3) is 5.91 Å². The Labute approximate surface area is 103 Å². The van der Waals surface area contributed by atoms with Crippen LogP contribution in [0.25, 0.3) is 0 Å². The third-order valence-electron chi connectivity index (χ3n) is 2.70. The third-order valence-corrected chi connectivity index (χ3v) is 2.70. The Bertz CT molecular complexity index is 399. The number of amides is 1. The molecular weight excluding hydrogens is 214 g/mol. The fraction of sp³-hybridized carbons (Fsp3) is 0.500. The van der Waals surface area contributed by atoms with Crippen LogP contribution in [0.1, 0.15) is 41.8 Å². The highest BCUT2D eigenvalue weighted by atomic mass is 16.3. The fourth-order valence-corrected chi connectivity index (χ4v) is 1.94. The van der Waals surface area contributed by atoms with Crippen molar-refractivity contribution < 1.29 is 9.90 Å². The Hall–Kier alpha value is -1.35. The zero-order chi connectivity index (χ0) is 13.0. The van der Waals surface area contributed by atoms with Crippen molar-refractivity contribution in [1.29, 1.82) is 0 Å². The van der Waals surface area contributed by atoms with Gasteiger partial charge in [0, 0.05) is 11.6 Å². The molecule has 0 spiro atoms. The van der Waals surface area contributed by atoms with Gasteiger partial charge in [-0.1, -0.05) is 17.7 Å². The average molecular weight is 235 g/mol. The van der Waals surface area contributed by atoms with E-state index in [2.05, 4.69) is 5.32 Å². The van der Waals surface area contributed by atoms with Crippen LogP contribution >= 0.6 is 0 Å². The molecule has 0 heterocycles. The second kappa shape index (κ2) is 5.82. The lowest BCUT2D eigenvalue weighted by Gasteiger charge is -2.16. The summed E-state index contributed by atoms with van der Waals surface area (Å²) in [6.45, 7) is 7.56. The van der Waals surface area contributed by atoms with Crippen LogP contribution in [0.2, 0.25) is 0 Å². The van der Waals surface area contributed by atoms with Gasteiger partial charge in [0.15, 0.2) is 0 Å². The van der Waals surface area contributed by atoms with E-state index in [0.29, 0.717) is 12.0 Å². The van der Waals surface area contributed by atoms with Crippen molar-refractivity contribution in [3.8, 4) is 0 Å². The Morgan fingerprint density at radius 1 is 1.35 bits per heavy atom. The van der Waals surface area contributed by atoms with E-state index in [0.717, 1.165) is 11.1 Å². The highest BCUT2D eigenvalue weighted by Crippen LogP contribution is 2.11. The van der Waals surface area contributed by atoms with Gasteiger partial charge in [0.05, 0.1) is 6.10 Å². The second-order valence-corrected chi connectivity index (χ2v) is 4.78. The molecule has 1 rings (SSSR count). The molecule has 2 atom stereocenters. The molecule has 0 aromatic heterocycles. The van der Waals surface area contributed by atoms with E-state index in [4.69, 9.17) is 0 Å². The normalized spacial score (nSPS) is 14.2. The molecule has 2 N–H and O–H groups in total. The first-order valence-corrected chi connectivity index (χ1v) is 5.96. The number of aliphatic hydroxyl groups excluding tert-OH is 1. The predicted molar refractivity (Wildman–Crippen MR) is 69.1 cm³/mol. The van der Waals surface area contributed by atoms with Crippen LogP contribution in [-0.4, -0.2) is 23.2 Å². The molecule has 3 heteroatoms. The molecule has 0 saturated carbocycles. The van der Waals surface area contributed by atoms with Gasteiger partial charge < -0.3 is 10.4 Å². The number of hydrogen-bond acceptors (Lipinski definition) is 2. The van der Waals surface area contributed by atoms with E-state index in [1.807, 2.05) is 39.0 Å². The highest BCUT2D eigenvalue weighted by Gasteiger charge is 2.13. The Morgan fingerprint density at radius 2 is 2.00 bits per heavy atom. The minimum absolute atomic E-state index is 0.0248. The van der Waals surface area contributed by atoms with E-state index in [-0.39, 0.29) is 11.9 Å². The number of nitrogens with one attached hydrogen (secondary N) is 1. The number of aliphatic hydroxyl groups is 1. The summed E-state index contributed by atoms with van der Waals surface area (Å²) >= 11 is 0. The van der Waals surface area contributed by atoms with E-state index in [1.54, 1.807) is 6.92 Å². The number of hydrogen-bond donors (Lipinski definition) is 2. The molecule has 1 amide bonds. The topological polar surface area (TPSA) is 49.3 Å². The van der Waals surface area contributed by atoms with Crippen LogP contribution in [0.4, 0.5) is 0 Å². The van der Waals surface area contributed by atoms with Gasteiger partial charge in [-0.2, -0.15) is 0 Å². The van der Waals surface area contributed by atoms with Crippen LogP contribution in [0.15, 0.2) is 18.2 Å². The number of benzene rings is 1. The van der Waals surface area contributed by atoms with Crippen LogP contribution in [0, 0.1) is 13.8 Å². The lowest BCUT2D eigenvalue weighted by molar-refractivity contribution is 0.0922. The van der Waals surface area contributed by atoms with Gasteiger partial charge in [0.2, 0.25) is 0 Å². The second-order valence-electron chi connectivity index (χ2n) is 4.78. The summed E-state index contributed by atoms with van der Waals surface area (Å²) in [5, 5.41) is 12.1. The van der Waals surface area contributed by atoms with Crippen LogP contribution in [0.5, 0.6) is 0 Å². The maximum atomic E-state index is 12.0. The molecule has 0 fully saturated rings. The van der Waals surface area contributed by atoms with Crippen LogP contribution in [-0.2, 0) is 0 Å². The molecule has 94 valence electrons. The summed E-state index contributed by atoms with van der Waals surface area (Å²) in [5.41, 5.74) is 2.83. The summed E-state index contributed by atoms with van der Waals surface area (Å²) in [6.07, 6.45) is 0.167. The first-order valence-electron chi connectivity index (χ1n) is 5.96. The molecule has 17 heavy (non-hydrogen) atoms. The monoisotopic (exact) mass is 235 g/mol. The van der Waals surface area contributed by atoms with Gasteiger partial charge >= 0.3 is 0 Å². The van der Waals surface area contributed by atoms with Gasteiger partial charge in [-0.25, -0.2) is 0 Å². The SMILES string of the molecule is Cc1ccc(C(=O)NC(C)CC(C)O)c(C)c1. The lowest BCUT2D eigenvalue weighted by atomic mass is 10.0. The van der Waals surface area contributed by atoms with Gasteiger partial charge in [-0.05, 0) is 45.7 Å². The largest absolute Gasteiger partial charge is 0.393 e. The lowest BCUT2D eigenvalue weighted by Crippen LogP contribution is -2.35. The smallest absolute Gasteiger partial charge is 0.251 e.